The summed E-state index contributed by atoms with van der Waals surface area (Å²) >= 11 is 0. The van der Waals surface area contributed by atoms with Crippen LogP contribution in [-0.2, 0) is 4.79 Å². The molecule has 5 nitrogen and oxygen atoms in total. The van der Waals surface area contributed by atoms with E-state index in [1.807, 2.05) is 31.2 Å². The molecule has 1 aromatic rings. The fourth-order valence-corrected chi connectivity index (χ4v) is 1.54. The molecule has 1 aromatic carbocycles. The van der Waals surface area contributed by atoms with Crippen molar-refractivity contribution in [3.8, 4) is 11.5 Å². The topological polar surface area (TPSA) is 67.8 Å². The van der Waals surface area contributed by atoms with E-state index in [2.05, 4.69) is 5.32 Å². The van der Waals surface area contributed by atoms with Gasteiger partial charge in [0.15, 0.2) is 11.5 Å². The van der Waals surface area contributed by atoms with Gasteiger partial charge >= 0.3 is 0 Å². The molecule has 0 saturated heterocycles. The van der Waals surface area contributed by atoms with Crippen LogP contribution in [0.2, 0.25) is 0 Å². The molecule has 0 aromatic heterocycles. The van der Waals surface area contributed by atoms with Crippen LogP contribution >= 0.6 is 0 Å². The summed E-state index contributed by atoms with van der Waals surface area (Å²) in [5.41, 5.74) is 0. The monoisotopic (exact) mass is 267 g/mol. The first-order valence-electron chi connectivity index (χ1n) is 6.50. The average molecular weight is 267 g/mol. The SMILES string of the molecule is CCOc1ccccc1OCCCC(=O)NCCO. The van der Waals surface area contributed by atoms with E-state index in [0.29, 0.717) is 38.3 Å². The molecule has 1 amide bonds. The minimum atomic E-state index is -0.0734. The minimum Gasteiger partial charge on any atom is -0.490 e. The maximum atomic E-state index is 11.3. The van der Waals surface area contributed by atoms with Crippen LogP contribution in [0.25, 0.3) is 0 Å². The summed E-state index contributed by atoms with van der Waals surface area (Å²) in [6.45, 7) is 3.22. The van der Waals surface area contributed by atoms with Gasteiger partial charge in [-0.1, -0.05) is 12.1 Å². The molecule has 0 aliphatic carbocycles. The fraction of sp³-hybridized carbons (Fsp3) is 0.500. The van der Waals surface area contributed by atoms with Gasteiger partial charge in [0.2, 0.25) is 5.91 Å². The largest absolute Gasteiger partial charge is 0.490 e. The lowest BCUT2D eigenvalue weighted by atomic mass is 10.3. The Hall–Kier alpha value is -1.75. The highest BCUT2D eigenvalue weighted by Crippen LogP contribution is 2.26. The summed E-state index contributed by atoms with van der Waals surface area (Å²) < 4.78 is 11.0. The summed E-state index contributed by atoms with van der Waals surface area (Å²) in [7, 11) is 0. The van der Waals surface area contributed by atoms with Crippen molar-refractivity contribution < 1.29 is 19.4 Å². The third-order valence-electron chi connectivity index (χ3n) is 2.39. The second-order valence-electron chi connectivity index (χ2n) is 3.91. The van der Waals surface area contributed by atoms with Gasteiger partial charge in [-0.2, -0.15) is 0 Å². The van der Waals surface area contributed by atoms with Crippen LogP contribution in [0.4, 0.5) is 0 Å². The van der Waals surface area contributed by atoms with Crippen molar-refractivity contribution in [3.05, 3.63) is 24.3 Å². The zero-order chi connectivity index (χ0) is 13.9. The predicted molar refractivity (Wildman–Crippen MR) is 72.4 cm³/mol. The minimum absolute atomic E-state index is 0.0377. The Morgan fingerprint density at radius 3 is 2.58 bits per heavy atom. The highest BCUT2D eigenvalue weighted by molar-refractivity contribution is 5.75. The lowest BCUT2D eigenvalue weighted by Gasteiger charge is -2.11. The number of amides is 1. The van der Waals surface area contributed by atoms with Crippen molar-refractivity contribution in [3.63, 3.8) is 0 Å². The van der Waals surface area contributed by atoms with E-state index in [0.717, 1.165) is 5.75 Å². The van der Waals surface area contributed by atoms with Crippen molar-refractivity contribution in [1.82, 2.24) is 5.32 Å². The van der Waals surface area contributed by atoms with Gasteiger partial charge in [0.05, 0.1) is 19.8 Å². The third-order valence-corrected chi connectivity index (χ3v) is 2.39. The van der Waals surface area contributed by atoms with Crippen LogP contribution in [0, 0.1) is 0 Å². The highest BCUT2D eigenvalue weighted by Gasteiger charge is 2.04. The molecule has 0 radical (unpaired) electrons. The van der Waals surface area contributed by atoms with Gasteiger partial charge in [-0.3, -0.25) is 4.79 Å². The Labute approximate surface area is 113 Å². The van der Waals surface area contributed by atoms with E-state index in [1.54, 1.807) is 0 Å². The summed E-state index contributed by atoms with van der Waals surface area (Å²) in [5.74, 6) is 1.34. The Morgan fingerprint density at radius 1 is 1.26 bits per heavy atom. The molecule has 0 aliphatic rings. The fourth-order valence-electron chi connectivity index (χ4n) is 1.54. The first kappa shape index (κ1) is 15.3. The van der Waals surface area contributed by atoms with Gasteiger partial charge in [0.25, 0.3) is 0 Å². The van der Waals surface area contributed by atoms with Crippen LogP contribution in [0.1, 0.15) is 19.8 Å². The molecular weight excluding hydrogens is 246 g/mol. The van der Waals surface area contributed by atoms with Gasteiger partial charge < -0.3 is 19.9 Å². The molecule has 0 atom stereocenters. The quantitative estimate of drug-likeness (QED) is 0.663. The summed E-state index contributed by atoms with van der Waals surface area (Å²) in [4.78, 5) is 11.3. The Balaban J connectivity index is 2.27. The standard InChI is InChI=1S/C14H21NO4/c1-2-18-12-6-3-4-7-13(12)19-11-5-8-14(17)15-9-10-16/h3-4,6-7,16H,2,5,8-11H2,1H3,(H,15,17). The third kappa shape index (κ3) is 6.10. The molecular formula is C14H21NO4. The zero-order valence-electron chi connectivity index (χ0n) is 11.2. The first-order chi connectivity index (χ1) is 9.27. The number of ether oxygens (including phenoxy) is 2. The van der Waals surface area contributed by atoms with Crippen molar-refractivity contribution in [1.29, 1.82) is 0 Å². The molecule has 1 rings (SSSR count). The number of hydrogen-bond acceptors (Lipinski definition) is 4. The number of benzene rings is 1. The van der Waals surface area contributed by atoms with Gasteiger partial charge in [-0.25, -0.2) is 0 Å². The van der Waals surface area contributed by atoms with Gasteiger partial charge in [0.1, 0.15) is 0 Å². The molecule has 2 N–H and O–H groups in total. The van der Waals surface area contributed by atoms with E-state index in [4.69, 9.17) is 14.6 Å². The summed E-state index contributed by atoms with van der Waals surface area (Å²) in [6.07, 6.45) is 1.01. The predicted octanol–water partition coefficient (Wildman–Crippen LogP) is 1.35. The van der Waals surface area contributed by atoms with Gasteiger partial charge in [0, 0.05) is 13.0 Å². The number of hydrogen-bond donors (Lipinski definition) is 2. The first-order valence-corrected chi connectivity index (χ1v) is 6.50. The number of aliphatic hydroxyl groups excluding tert-OH is 1. The molecule has 0 heterocycles. The van der Waals surface area contributed by atoms with Gasteiger partial charge in [-0.05, 0) is 25.5 Å². The van der Waals surface area contributed by atoms with Crippen molar-refractivity contribution in [2.45, 2.75) is 19.8 Å². The van der Waals surface area contributed by atoms with E-state index in [-0.39, 0.29) is 12.5 Å². The van der Waals surface area contributed by atoms with Crippen LogP contribution < -0.4 is 14.8 Å². The van der Waals surface area contributed by atoms with Crippen LogP contribution in [-0.4, -0.2) is 37.4 Å². The zero-order valence-corrected chi connectivity index (χ0v) is 11.2. The maximum Gasteiger partial charge on any atom is 0.220 e. The molecule has 5 heteroatoms. The molecule has 0 unspecified atom stereocenters. The molecule has 0 bridgehead atoms. The molecule has 0 aliphatic heterocycles. The normalized spacial score (nSPS) is 10.0. The number of carbonyl (C=O) groups is 1. The second kappa shape index (κ2) is 9.22. The Kier molecular flexibility index (Phi) is 7.43. The van der Waals surface area contributed by atoms with Gasteiger partial charge in [-0.15, -0.1) is 0 Å². The molecule has 19 heavy (non-hydrogen) atoms. The molecule has 106 valence electrons. The summed E-state index contributed by atoms with van der Waals surface area (Å²) in [6, 6.07) is 7.47. The number of para-hydroxylation sites is 2. The summed E-state index contributed by atoms with van der Waals surface area (Å²) in [5, 5.41) is 11.2. The van der Waals surface area contributed by atoms with Crippen LogP contribution in [0.3, 0.4) is 0 Å². The van der Waals surface area contributed by atoms with E-state index < -0.39 is 0 Å². The smallest absolute Gasteiger partial charge is 0.220 e. The Bertz CT molecular complexity index is 381. The van der Waals surface area contributed by atoms with E-state index in [9.17, 15) is 4.79 Å². The highest BCUT2D eigenvalue weighted by atomic mass is 16.5. The van der Waals surface area contributed by atoms with Crippen LogP contribution in [0.15, 0.2) is 24.3 Å². The van der Waals surface area contributed by atoms with Crippen molar-refractivity contribution in [2.24, 2.45) is 0 Å². The van der Waals surface area contributed by atoms with Crippen molar-refractivity contribution in [2.75, 3.05) is 26.4 Å². The average Bonchev–Trinajstić information content (AvgIpc) is 2.43. The number of aliphatic hydroxyl groups is 1. The van der Waals surface area contributed by atoms with Crippen molar-refractivity contribution >= 4 is 5.91 Å². The number of carbonyl (C=O) groups excluding carboxylic acids is 1. The van der Waals surface area contributed by atoms with E-state index in [1.165, 1.54) is 0 Å². The van der Waals surface area contributed by atoms with E-state index >= 15 is 0 Å². The number of nitrogens with one attached hydrogen (secondary N) is 1. The Morgan fingerprint density at radius 2 is 1.95 bits per heavy atom. The lowest BCUT2D eigenvalue weighted by Crippen LogP contribution is -2.26. The lowest BCUT2D eigenvalue weighted by molar-refractivity contribution is -0.121. The second-order valence-corrected chi connectivity index (χ2v) is 3.91. The maximum absolute atomic E-state index is 11.3. The number of rotatable bonds is 9. The molecule has 0 saturated carbocycles. The van der Waals surface area contributed by atoms with Crippen LogP contribution in [0.5, 0.6) is 11.5 Å². The molecule has 0 fully saturated rings. The molecule has 0 spiro atoms.